The van der Waals surface area contributed by atoms with Gasteiger partial charge in [-0.2, -0.15) is 0 Å². The van der Waals surface area contributed by atoms with Crippen LogP contribution in [0.2, 0.25) is 0 Å². The number of rotatable bonds is 6. The van der Waals surface area contributed by atoms with E-state index in [0.717, 1.165) is 30.9 Å². The van der Waals surface area contributed by atoms with Crippen LogP contribution in [-0.4, -0.2) is 29.8 Å². The van der Waals surface area contributed by atoms with Crippen molar-refractivity contribution in [3.63, 3.8) is 0 Å². The maximum atomic E-state index is 12.7. The average Bonchev–Trinajstić information content (AvgIpc) is 2.92. The predicted molar refractivity (Wildman–Crippen MR) is 123 cm³/mol. The minimum Gasteiger partial charge on any atom is -0.493 e. The van der Waals surface area contributed by atoms with E-state index in [2.05, 4.69) is 38.5 Å². The quantitative estimate of drug-likeness (QED) is 0.328. The Kier molecular flexibility index (Phi) is 7.05. The highest BCUT2D eigenvalue weighted by Crippen LogP contribution is 2.39. The van der Waals surface area contributed by atoms with Crippen LogP contribution in [0.25, 0.3) is 6.08 Å². The first-order chi connectivity index (χ1) is 13.4. The summed E-state index contributed by atoms with van der Waals surface area (Å²) in [4.78, 5) is 26.8. The fourth-order valence-electron chi connectivity index (χ4n) is 2.67. The standard InChI is InChI=1S/C20H17BrINO4S/c1-3-27-18-15(21)8-13(9-16(18)26-2)10-17-19(24)23(20(25)28-17)11-12-4-6-14(22)7-5-12/h4-10H,3,11H2,1-2H3/b17-10-. The molecule has 1 fully saturated rings. The molecule has 1 heterocycles. The Morgan fingerprint density at radius 2 is 1.93 bits per heavy atom. The first kappa shape index (κ1) is 21.2. The van der Waals surface area contributed by atoms with Gasteiger partial charge in [-0.15, -0.1) is 0 Å². The second-order valence-corrected chi connectivity index (χ2v) is 8.95. The van der Waals surface area contributed by atoms with Crippen LogP contribution in [0.1, 0.15) is 18.1 Å². The van der Waals surface area contributed by atoms with Crippen LogP contribution in [0.5, 0.6) is 11.5 Å². The fraction of sp³-hybridized carbons (Fsp3) is 0.200. The van der Waals surface area contributed by atoms with Crippen molar-refractivity contribution in [3.05, 3.63) is 60.5 Å². The van der Waals surface area contributed by atoms with Gasteiger partial charge in [0, 0.05) is 3.57 Å². The van der Waals surface area contributed by atoms with Gasteiger partial charge in [0.15, 0.2) is 11.5 Å². The molecule has 8 heteroatoms. The van der Waals surface area contributed by atoms with Crippen molar-refractivity contribution in [1.82, 2.24) is 4.90 Å². The molecule has 0 bridgehead atoms. The lowest BCUT2D eigenvalue weighted by atomic mass is 10.1. The van der Waals surface area contributed by atoms with Gasteiger partial charge in [-0.25, -0.2) is 0 Å². The number of amides is 2. The molecule has 1 aliphatic rings. The van der Waals surface area contributed by atoms with Crippen LogP contribution >= 0.6 is 50.3 Å². The maximum absolute atomic E-state index is 12.7. The van der Waals surface area contributed by atoms with Crippen molar-refractivity contribution in [2.75, 3.05) is 13.7 Å². The topological polar surface area (TPSA) is 55.8 Å². The summed E-state index contributed by atoms with van der Waals surface area (Å²) in [6, 6.07) is 11.4. The Labute approximate surface area is 189 Å². The van der Waals surface area contributed by atoms with Crippen molar-refractivity contribution < 1.29 is 19.1 Å². The van der Waals surface area contributed by atoms with Crippen molar-refractivity contribution in [2.45, 2.75) is 13.5 Å². The largest absolute Gasteiger partial charge is 0.493 e. The van der Waals surface area contributed by atoms with E-state index in [1.165, 1.54) is 4.90 Å². The van der Waals surface area contributed by atoms with Crippen LogP contribution < -0.4 is 9.47 Å². The summed E-state index contributed by atoms with van der Waals surface area (Å²) in [6.45, 7) is 2.66. The number of halogens is 2. The Morgan fingerprint density at radius 1 is 1.21 bits per heavy atom. The number of carbonyl (C=O) groups is 2. The van der Waals surface area contributed by atoms with Crippen molar-refractivity contribution in [2.24, 2.45) is 0 Å². The molecular formula is C20H17BrINO4S. The van der Waals surface area contributed by atoms with Crippen molar-refractivity contribution in [3.8, 4) is 11.5 Å². The molecule has 0 aliphatic carbocycles. The van der Waals surface area contributed by atoms with E-state index in [1.807, 2.05) is 37.3 Å². The molecule has 0 unspecified atom stereocenters. The number of nitrogens with zero attached hydrogens (tertiary/aromatic N) is 1. The molecule has 0 spiro atoms. The number of hydrogen-bond acceptors (Lipinski definition) is 5. The number of imide groups is 1. The lowest BCUT2D eigenvalue weighted by molar-refractivity contribution is -0.123. The number of thioether (sulfide) groups is 1. The van der Waals surface area contributed by atoms with Gasteiger partial charge in [-0.3, -0.25) is 14.5 Å². The van der Waals surface area contributed by atoms with Gasteiger partial charge in [0.2, 0.25) is 0 Å². The minimum absolute atomic E-state index is 0.259. The van der Waals surface area contributed by atoms with E-state index in [1.54, 1.807) is 19.3 Å². The molecule has 2 aromatic carbocycles. The molecule has 0 radical (unpaired) electrons. The lowest BCUT2D eigenvalue weighted by Crippen LogP contribution is -2.27. The van der Waals surface area contributed by atoms with Gasteiger partial charge in [0.05, 0.1) is 29.6 Å². The highest BCUT2D eigenvalue weighted by Gasteiger charge is 2.35. The summed E-state index contributed by atoms with van der Waals surface area (Å²) in [5, 5.41) is -0.272. The van der Waals surface area contributed by atoms with Gasteiger partial charge in [-0.1, -0.05) is 12.1 Å². The number of methoxy groups -OCH3 is 1. The molecule has 2 aromatic rings. The van der Waals surface area contributed by atoms with Crippen LogP contribution in [0.4, 0.5) is 4.79 Å². The van der Waals surface area contributed by atoms with Crippen LogP contribution in [0, 0.1) is 3.57 Å². The van der Waals surface area contributed by atoms with Crippen molar-refractivity contribution in [1.29, 1.82) is 0 Å². The highest BCUT2D eigenvalue weighted by atomic mass is 127. The first-order valence-electron chi connectivity index (χ1n) is 8.43. The maximum Gasteiger partial charge on any atom is 0.293 e. The van der Waals surface area contributed by atoms with E-state index in [-0.39, 0.29) is 17.7 Å². The first-order valence-corrected chi connectivity index (χ1v) is 11.1. The predicted octanol–water partition coefficient (Wildman–Crippen LogP) is 5.70. The third-order valence-corrected chi connectivity index (χ3v) is 6.18. The Morgan fingerprint density at radius 3 is 2.57 bits per heavy atom. The molecule has 0 aromatic heterocycles. The Hall–Kier alpha value is -1.52. The summed E-state index contributed by atoms with van der Waals surface area (Å²) in [7, 11) is 1.56. The normalized spacial score (nSPS) is 15.4. The number of hydrogen-bond donors (Lipinski definition) is 0. The molecule has 3 rings (SSSR count). The zero-order chi connectivity index (χ0) is 20.3. The zero-order valence-electron chi connectivity index (χ0n) is 15.2. The van der Waals surface area contributed by atoms with Crippen molar-refractivity contribution >= 4 is 67.5 Å². The molecule has 0 saturated carbocycles. The molecule has 1 aliphatic heterocycles. The third-order valence-electron chi connectivity index (χ3n) is 3.97. The number of ether oxygens (including phenoxy) is 2. The summed E-state index contributed by atoms with van der Waals surface area (Å²) in [5.41, 5.74) is 1.65. The molecule has 1 saturated heterocycles. The SMILES string of the molecule is CCOc1c(Br)cc(/C=C2\SC(=O)N(Cc3ccc(I)cc3)C2=O)cc1OC. The Balaban J connectivity index is 1.85. The second-order valence-electron chi connectivity index (χ2n) is 5.86. The molecule has 0 atom stereocenters. The second kappa shape index (κ2) is 9.32. The number of benzene rings is 2. The van der Waals surface area contributed by atoms with Crippen LogP contribution in [0.3, 0.4) is 0 Å². The third kappa shape index (κ3) is 4.72. The molecule has 28 heavy (non-hydrogen) atoms. The Bertz CT molecular complexity index is 946. The van der Waals surface area contributed by atoms with Crippen LogP contribution in [-0.2, 0) is 11.3 Å². The summed E-state index contributed by atoms with van der Waals surface area (Å²) >= 11 is 6.63. The molecule has 146 valence electrons. The van der Waals surface area contributed by atoms with Gasteiger partial charge in [0.1, 0.15) is 0 Å². The van der Waals surface area contributed by atoms with Gasteiger partial charge in [-0.05, 0) is 98.7 Å². The average molecular weight is 574 g/mol. The highest BCUT2D eigenvalue weighted by molar-refractivity contribution is 14.1. The van der Waals surface area contributed by atoms with E-state index < -0.39 is 0 Å². The summed E-state index contributed by atoms with van der Waals surface area (Å²) in [5.74, 6) is 0.868. The van der Waals surface area contributed by atoms with E-state index in [9.17, 15) is 9.59 Å². The summed E-state index contributed by atoms with van der Waals surface area (Å²) < 4.78 is 12.8. The van der Waals surface area contributed by atoms with E-state index in [0.29, 0.717) is 23.0 Å². The fourth-order valence-corrected chi connectivity index (χ4v) is 4.44. The van der Waals surface area contributed by atoms with Gasteiger partial charge in [0.25, 0.3) is 11.1 Å². The smallest absolute Gasteiger partial charge is 0.293 e. The van der Waals surface area contributed by atoms with Crippen LogP contribution in [0.15, 0.2) is 45.8 Å². The number of carbonyl (C=O) groups excluding carboxylic acids is 2. The van der Waals surface area contributed by atoms with E-state index >= 15 is 0 Å². The lowest BCUT2D eigenvalue weighted by Gasteiger charge is -2.13. The molecule has 0 N–H and O–H groups in total. The zero-order valence-corrected chi connectivity index (χ0v) is 19.8. The molecular weight excluding hydrogens is 557 g/mol. The minimum atomic E-state index is -0.294. The van der Waals surface area contributed by atoms with E-state index in [4.69, 9.17) is 9.47 Å². The monoisotopic (exact) mass is 573 g/mol. The van der Waals surface area contributed by atoms with Gasteiger partial charge < -0.3 is 9.47 Å². The summed E-state index contributed by atoms with van der Waals surface area (Å²) in [6.07, 6.45) is 1.70. The van der Waals surface area contributed by atoms with Gasteiger partial charge >= 0.3 is 0 Å². The molecule has 5 nitrogen and oxygen atoms in total. The molecule has 2 amide bonds.